The zero-order valence-corrected chi connectivity index (χ0v) is 14.0. The molecule has 23 heavy (non-hydrogen) atoms. The number of nitrogens with one attached hydrogen (secondary N) is 1. The van der Waals surface area contributed by atoms with Crippen molar-refractivity contribution in [1.82, 2.24) is 9.88 Å². The lowest BCUT2D eigenvalue weighted by Gasteiger charge is -2.15. The molecule has 0 aliphatic rings. The molecule has 0 atom stereocenters. The number of hydrogen-bond acceptors (Lipinski definition) is 5. The Balaban J connectivity index is 1.87. The first-order chi connectivity index (χ1) is 11.1. The van der Waals surface area contributed by atoms with E-state index in [1.165, 1.54) is 23.5 Å². The molecule has 2 rings (SSSR count). The first-order valence-corrected chi connectivity index (χ1v) is 8.15. The molecule has 5 nitrogen and oxygen atoms in total. The number of benzene rings is 1. The maximum absolute atomic E-state index is 13.2. The van der Waals surface area contributed by atoms with Crippen molar-refractivity contribution in [2.45, 2.75) is 6.42 Å². The Hall–Kier alpha value is -1.83. The number of carbonyl (C=O) groups excluding carboxylic acids is 1. The molecular formula is C16H20FN3O2S. The average Bonchev–Trinajstić information content (AvgIpc) is 2.95. The van der Waals surface area contributed by atoms with Crippen molar-refractivity contribution in [3.8, 4) is 11.3 Å². The van der Waals surface area contributed by atoms with Gasteiger partial charge in [0.05, 0.1) is 12.2 Å². The summed E-state index contributed by atoms with van der Waals surface area (Å²) in [7, 11) is 3.54. The Morgan fingerprint density at radius 2 is 2.30 bits per heavy atom. The van der Waals surface area contributed by atoms with Crippen LogP contribution in [0.15, 0.2) is 29.6 Å². The molecule has 2 aromatic rings. The van der Waals surface area contributed by atoms with Gasteiger partial charge in [-0.3, -0.25) is 9.69 Å². The zero-order chi connectivity index (χ0) is 16.7. The van der Waals surface area contributed by atoms with Crippen LogP contribution in [0.5, 0.6) is 0 Å². The number of anilines is 1. The van der Waals surface area contributed by atoms with Crippen LogP contribution in [-0.2, 0) is 9.53 Å². The molecule has 1 heterocycles. The summed E-state index contributed by atoms with van der Waals surface area (Å²) in [6.45, 7) is 1.75. The monoisotopic (exact) mass is 337 g/mol. The summed E-state index contributed by atoms with van der Waals surface area (Å²) >= 11 is 1.32. The molecule has 0 fully saturated rings. The van der Waals surface area contributed by atoms with Gasteiger partial charge in [0.15, 0.2) is 5.13 Å². The van der Waals surface area contributed by atoms with Crippen LogP contribution in [0.2, 0.25) is 0 Å². The van der Waals surface area contributed by atoms with Crippen LogP contribution < -0.4 is 5.32 Å². The van der Waals surface area contributed by atoms with Crippen molar-refractivity contribution < 1.29 is 13.9 Å². The average molecular weight is 337 g/mol. The lowest BCUT2D eigenvalue weighted by Crippen LogP contribution is -2.31. The second-order valence-electron chi connectivity index (χ2n) is 5.18. The largest absolute Gasteiger partial charge is 0.385 e. The normalized spacial score (nSPS) is 11.0. The van der Waals surface area contributed by atoms with Crippen LogP contribution in [0.3, 0.4) is 0 Å². The van der Waals surface area contributed by atoms with Crippen LogP contribution in [0.4, 0.5) is 9.52 Å². The summed E-state index contributed by atoms with van der Waals surface area (Å²) in [5.74, 6) is -0.427. The molecule has 7 heteroatoms. The fourth-order valence-electron chi connectivity index (χ4n) is 2.07. The molecule has 0 aliphatic heterocycles. The number of nitrogens with zero attached hydrogens (tertiary/aromatic N) is 2. The van der Waals surface area contributed by atoms with Crippen molar-refractivity contribution >= 4 is 22.4 Å². The van der Waals surface area contributed by atoms with E-state index in [-0.39, 0.29) is 11.7 Å². The summed E-state index contributed by atoms with van der Waals surface area (Å²) in [5.41, 5.74) is 1.34. The Bertz CT molecular complexity index is 648. The molecule has 0 radical (unpaired) electrons. The van der Waals surface area contributed by atoms with Crippen molar-refractivity contribution in [3.63, 3.8) is 0 Å². The molecule has 1 N–H and O–H groups in total. The Labute approximate surface area is 139 Å². The molecule has 0 spiro atoms. The number of rotatable bonds is 8. The number of amides is 1. The Morgan fingerprint density at radius 3 is 3.04 bits per heavy atom. The topological polar surface area (TPSA) is 54.5 Å². The van der Waals surface area contributed by atoms with Crippen LogP contribution in [0.1, 0.15) is 6.42 Å². The summed E-state index contributed by atoms with van der Waals surface area (Å²) in [5, 5.41) is 5.08. The number of aromatic nitrogens is 1. The van der Waals surface area contributed by atoms with Crippen LogP contribution >= 0.6 is 11.3 Å². The standard InChI is InChI=1S/C16H20FN3O2S/c1-20(7-4-8-22-2)10-15(21)19-16-18-14(11-23-16)12-5-3-6-13(17)9-12/h3,5-6,9,11H,4,7-8,10H2,1-2H3,(H,18,19,21). The number of hydrogen-bond donors (Lipinski definition) is 1. The molecule has 0 saturated heterocycles. The van der Waals surface area contributed by atoms with E-state index in [0.717, 1.165) is 13.0 Å². The van der Waals surface area contributed by atoms with E-state index in [2.05, 4.69) is 10.3 Å². The minimum absolute atomic E-state index is 0.120. The van der Waals surface area contributed by atoms with Gasteiger partial charge in [0, 0.05) is 31.2 Å². The van der Waals surface area contributed by atoms with Gasteiger partial charge in [-0.1, -0.05) is 12.1 Å². The minimum Gasteiger partial charge on any atom is -0.385 e. The van der Waals surface area contributed by atoms with Gasteiger partial charge in [-0.2, -0.15) is 0 Å². The van der Waals surface area contributed by atoms with Gasteiger partial charge >= 0.3 is 0 Å². The zero-order valence-electron chi connectivity index (χ0n) is 13.2. The highest BCUT2D eigenvalue weighted by Gasteiger charge is 2.10. The Kier molecular flexibility index (Phi) is 6.64. The van der Waals surface area contributed by atoms with Gasteiger partial charge in [-0.05, 0) is 25.6 Å². The van der Waals surface area contributed by atoms with Gasteiger partial charge in [0.2, 0.25) is 5.91 Å². The van der Waals surface area contributed by atoms with E-state index in [1.54, 1.807) is 24.6 Å². The molecule has 124 valence electrons. The first-order valence-electron chi connectivity index (χ1n) is 7.27. The number of carbonyl (C=O) groups is 1. The van der Waals surface area contributed by atoms with Gasteiger partial charge in [-0.25, -0.2) is 9.37 Å². The SMILES string of the molecule is COCCCN(C)CC(=O)Nc1nc(-c2cccc(F)c2)cs1. The van der Waals surface area contributed by atoms with E-state index in [0.29, 0.717) is 29.5 Å². The number of likely N-dealkylation sites (N-methyl/N-ethyl adjacent to an activating group) is 1. The second-order valence-corrected chi connectivity index (χ2v) is 6.04. The van der Waals surface area contributed by atoms with Crippen molar-refractivity contribution in [3.05, 3.63) is 35.5 Å². The Morgan fingerprint density at radius 1 is 1.48 bits per heavy atom. The molecule has 1 amide bonds. The third-order valence-corrected chi connectivity index (χ3v) is 3.93. The third kappa shape index (κ3) is 5.70. The van der Waals surface area contributed by atoms with E-state index < -0.39 is 0 Å². The lowest BCUT2D eigenvalue weighted by molar-refractivity contribution is -0.117. The summed E-state index contributed by atoms with van der Waals surface area (Å²) < 4.78 is 18.2. The minimum atomic E-state index is -0.307. The number of halogens is 1. The fraction of sp³-hybridized carbons (Fsp3) is 0.375. The van der Waals surface area contributed by atoms with Gasteiger partial charge in [0.25, 0.3) is 0 Å². The van der Waals surface area contributed by atoms with Crippen molar-refractivity contribution in [1.29, 1.82) is 0 Å². The number of methoxy groups -OCH3 is 1. The number of thiazole rings is 1. The molecule has 0 saturated carbocycles. The van der Waals surface area contributed by atoms with Crippen LogP contribution in [-0.4, -0.2) is 49.6 Å². The summed E-state index contributed by atoms with van der Waals surface area (Å²) in [6, 6.07) is 6.23. The fourth-order valence-corrected chi connectivity index (χ4v) is 2.81. The summed E-state index contributed by atoms with van der Waals surface area (Å²) in [4.78, 5) is 18.2. The highest BCUT2D eigenvalue weighted by atomic mass is 32.1. The predicted molar refractivity (Wildman–Crippen MR) is 90.1 cm³/mol. The quantitative estimate of drug-likeness (QED) is 0.753. The van der Waals surface area contributed by atoms with Crippen molar-refractivity contribution in [2.75, 3.05) is 39.2 Å². The highest BCUT2D eigenvalue weighted by molar-refractivity contribution is 7.14. The van der Waals surface area contributed by atoms with Crippen molar-refractivity contribution in [2.24, 2.45) is 0 Å². The molecule has 1 aromatic carbocycles. The third-order valence-electron chi connectivity index (χ3n) is 3.17. The smallest absolute Gasteiger partial charge is 0.240 e. The van der Waals surface area contributed by atoms with Gasteiger partial charge in [-0.15, -0.1) is 11.3 Å². The second kappa shape index (κ2) is 8.71. The molecule has 0 aliphatic carbocycles. The predicted octanol–water partition coefficient (Wildman–Crippen LogP) is 2.86. The first kappa shape index (κ1) is 17.5. The van der Waals surface area contributed by atoms with Crippen LogP contribution in [0, 0.1) is 5.82 Å². The van der Waals surface area contributed by atoms with E-state index in [9.17, 15) is 9.18 Å². The molecular weight excluding hydrogens is 317 g/mol. The molecule has 0 bridgehead atoms. The van der Waals surface area contributed by atoms with Gasteiger partial charge < -0.3 is 10.1 Å². The van der Waals surface area contributed by atoms with E-state index in [4.69, 9.17) is 4.74 Å². The number of ether oxygens (including phenoxy) is 1. The highest BCUT2D eigenvalue weighted by Crippen LogP contribution is 2.25. The van der Waals surface area contributed by atoms with E-state index in [1.807, 2.05) is 11.9 Å². The van der Waals surface area contributed by atoms with Gasteiger partial charge in [0.1, 0.15) is 5.82 Å². The maximum Gasteiger partial charge on any atom is 0.240 e. The molecule has 1 aromatic heterocycles. The maximum atomic E-state index is 13.2. The summed E-state index contributed by atoms with van der Waals surface area (Å²) in [6.07, 6.45) is 0.876. The van der Waals surface area contributed by atoms with Crippen LogP contribution in [0.25, 0.3) is 11.3 Å². The van der Waals surface area contributed by atoms with E-state index >= 15 is 0 Å². The molecule has 0 unspecified atom stereocenters. The lowest BCUT2D eigenvalue weighted by atomic mass is 10.2.